The molecule has 20 heavy (non-hydrogen) atoms. The predicted molar refractivity (Wildman–Crippen MR) is 69.2 cm³/mol. The lowest BCUT2D eigenvalue weighted by atomic mass is 10.1. The third-order valence-electron chi connectivity index (χ3n) is 3.20. The van der Waals surface area contributed by atoms with E-state index >= 15 is 0 Å². The van der Waals surface area contributed by atoms with Gasteiger partial charge in [-0.25, -0.2) is 14.3 Å². The molecule has 2 heterocycles. The molecule has 0 atom stereocenters. The van der Waals surface area contributed by atoms with Gasteiger partial charge in [-0.1, -0.05) is 5.21 Å². The molecule has 0 bridgehead atoms. The summed E-state index contributed by atoms with van der Waals surface area (Å²) in [5.74, 6) is -1.12. The van der Waals surface area contributed by atoms with Crippen molar-refractivity contribution in [1.82, 2.24) is 25.2 Å². The fraction of sp³-hybridized carbons (Fsp3) is 0.636. The predicted octanol–water partition coefficient (Wildman–Crippen LogP) is -0.891. The van der Waals surface area contributed by atoms with Gasteiger partial charge < -0.3 is 21.1 Å². The van der Waals surface area contributed by atoms with Crippen LogP contribution < -0.4 is 11.1 Å². The molecule has 1 aliphatic heterocycles. The number of carbonyl (C=O) groups excluding carboxylic acids is 1. The minimum absolute atomic E-state index is 0.110. The van der Waals surface area contributed by atoms with Crippen LogP contribution in [0.4, 0.5) is 4.79 Å². The summed E-state index contributed by atoms with van der Waals surface area (Å²) in [4.78, 5) is 24.2. The highest BCUT2D eigenvalue weighted by Gasteiger charge is 2.20. The van der Waals surface area contributed by atoms with E-state index in [1.165, 1.54) is 10.9 Å². The summed E-state index contributed by atoms with van der Waals surface area (Å²) in [6, 6.07) is 0.0547. The van der Waals surface area contributed by atoms with Gasteiger partial charge in [-0.05, 0) is 12.8 Å². The normalized spacial score (nSPS) is 16.1. The number of nitrogens with two attached hydrogens (primary N) is 1. The van der Waals surface area contributed by atoms with Crippen LogP contribution in [0.3, 0.4) is 0 Å². The number of hydrogen-bond acceptors (Lipinski definition) is 5. The van der Waals surface area contributed by atoms with Crippen LogP contribution in [-0.2, 0) is 6.54 Å². The molecule has 1 fully saturated rings. The van der Waals surface area contributed by atoms with Crippen molar-refractivity contribution in [2.24, 2.45) is 5.73 Å². The first-order valence-corrected chi connectivity index (χ1v) is 6.48. The molecule has 1 aromatic heterocycles. The third-order valence-corrected chi connectivity index (χ3v) is 3.20. The fourth-order valence-electron chi connectivity index (χ4n) is 2.00. The minimum Gasteiger partial charge on any atom is -0.476 e. The van der Waals surface area contributed by atoms with E-state index in [0.29, 0.717) is 26.2 Å². The van der Waals surface area contributed by atoms with Crippen molar-refractivity contribution in [3.8, 4) is 0 Å². The van der Waals surface area contributed by atoms with E-state index in [-0.39, 0.29) is 17.8 Å². The highest BCUT2D eigenvalue weighted by molar-refractivity contribution is 5.84. The van der Waals surface area contributed by atoms with E-state index in [0.717, 1.165) is 12.8 Å². The maximum absolute atomic E-state index is 11.8. The van der Waals surface area contributed by atoms with E-state index in [2.05, 4.69) is 15.6 Å². The lowest BCUT2D eigenvalue weighted by Crippen LogP contribution is -2.47. The maximum atomic E-state index is 11.8. The average molecular weight is 282 g/mol. The van der Waals surface area contributed by atoms with Crippen LogP contribution in [0.2, 0.25) is 0 Å². The summed E-state index contributed by atoms with van der Waals surface area (Å²) in [5, 5.41) is 18.6. The molecule has 0 radical (unpaired) electrons. The number of rotatable bonds is 4. The highest BCUT2D eigenvalue weighted by Crippen LogP contribution is 2.07. The minimum atomic E-state index is -1.12. The Kier molecular flexibility index (Phi) is 4.51. The van der Waals surface area contributed by atoms with Crippen LogP contribution >= 0.6 is 0 Å². The molecule has 0 spiro atoms. The first-order chi connectivity index (χ1) is 9.56. The Balaban J connectivity index is 1.72. The topological polar surface area (TPSA) is 126 Å². The van der Waals surface area contributed by atoms with Gasteiger partial charge in [0.15, 0.2) is 5.69 Å². The van der Waals surface area contributed by atoms with Crippen molar-refractivity contribution in [2.45, 2.75) is 25.4 Å². The number of likely N-dealkylation sites (tertiary alicyclic amines) is 1. The Morgan fingerprint density at radius 2 is 2.15 bits per heavy atom. The summed E-state index contributed by atoms with van der Waals surface area (Å²) in [6.45, 7) is 2.07. The Labute approximate surface area is 115 Å². The molecule has 1 aliphatic rings. The van der Waals surface area contributed by atoms with Crippen molar-refractivity contribution in [3.05, 3.63) is 11.9 Å². The zero-order valence-corrected chi connectivity index (χ0v) is 11.0. The summed E-state index contributed by atoms with van der Waals surface area (Å²) in [6.07, 6.45) is 2.96. The summed E-state index contributed by atoms with van der Waals surface area (Å²) in [5.41, 5.74) is 5.67. The molecule has 0 aliphatic carbocycles. The van der Waals surface area contributed by atoms with Crippen LogP contribution in [0.25, 0.3) is 0 Å². The lowest BCUT2D eigenvalue weighted by molar-refractivity contribution is 0.0690. The van der Waals surface area contributed by atoms with Gasteiger partial charge in [0.25, 0.3) is 0 Å². The number of urea groups is 1. The molecule has 110 valence electrons. The van der Waals surface area contributed by atoms with Gasteiger partial charge in [0.2, 0.25) is 0 Å². The number of carboxylic acid groups (broad SMARTS) is 1. The summed E-state index contributed by atoms with van der Waals surface area (Å²) >= 11 is 0. The molecule has 2 amide bonds. The number of carboxylic acids is 1. The monoisotopic (exact) mass is 282 g/mol. The number of carbonyl (C=O) groups is 2. The van der Waals surface area contributed by atoms with Crippen molar-refractivity contribution in [2.75, 3.05) is 19.6 Å². The molecule has 1 aromatic rings. The van der Waals surface area contributed by atoms with E-state index in [4.69, 9.17) is 10.8 Å². The van der Waals surface area contributed by atoms with Crippen molar-refractivity contribution >= 4 is 12.0 Å². The smallest absolute Gasteiger partial charge is 0.358 e. The number of amides is 2. The maximum Gasteiger partial charge on any atom is 0.358 e. The van der Waals surface area contributed by atoms with Crippen molar-refractivity contribution in [3.63, 3.8) is 0 Å². The third kappa shape index (κ3) is 3.67. The molecule has 9 heteroatoms. The molecular weight excluding hydrogens is 264 g/mol. The van der Waals surface area contributed by atoms with Gasteiger partial charge in [0.1, 0.15) is 0 Å². The van der Waals surface area contributed by atoms with Crippen molar-refractivity contribution in [1.29, 1.82) is 0 Å². The molecule has 2 rings (SSSR count). The van der Waals surface area contributed by atoms with Gasteiger partial charge in [-0.15, -0.1) is 5.10 Å². The molecule has 1 saturated heterocycles. The van der Waals surface area contributed by atoms with E-state index < -0.39 is 5.97 Å². The van der Waals surface area contributed by atoms with E-state index in [1.807, 2.05) is 0 Å². The van der Waals surface area contributed by atoms with Gasteiger partial charge >= 0.3 is 12.0 Å². The molecule has 0 saturated carbocycles. The van der Waals surface area contributed by atoms with Gasteiger partial charge in [0.05, 0.1) is 12.7 Å². The van der Waals surface area contributed by atoms with Crippen LogP contribution in [0.15, 0.2) is 6.20 Å². The number of hydrogen-bond donors (Lipinski definition) is 3. The Bertz CT molecular complexity index is 480. The molecule has 9 nitrogen and oxygen atoms in total. The second kappa shape index (κ2) is 6.33. The highest BCUT2D eigenvalue weighted by atomic mass is 16.4. The molecule has 0 aromatic carbocycles. The average Bonchev–Trinajstić information content (AvgIpc) is 2.88. The van der Waals surface area contributed by atoms with Crippen LogP contribution in [0.5, 0.6) is 0 Å². The summed E-state index contributed by atoms with van der Waals surface area (Å²) < 4.78 is 1.38. The van der Waals surface area contributed by atoms with Crippen LogP contribution in [-0.4, -0.2) is 62.7 Å². The Morgan fingerprint density at radius 3 is 2.75 bits per heavy atom. The Hall–Kier alpha value is -2.16. The number of nitrogens with zero attached hydrogens (tertiary/aromatic N) is 4. The molecule has 4 N–H and O–H groups in total. The summed E-state index contributed by atoms with van der Waals surface area (Å²) in [7, 11) is 0. The van der Waals surface area contributed by atoms with Crippen LogP contribution in [0, 0.1) is 0 Å². The standard InChI is InChI=1S/C11H18N6O3/c12-8-1-4-16(5-2-8)11(20)13-3-6-17-7-9(10(18)19)14-15-17/h7-8H,1-6,12H2,(H,13,20)(H,18,19). The van der Waals surface area contributed by atoms with E-state index in [1.54, 1.807) is 4.90 Å². The van der Waals surface area contributed by atoms with Gasteiger partial charge in [0, 0.05) is 25.7 Å². The Morgan fingerprint density at radius 1 is 1.45 bits per heavy atom. The van der Waals surface area contributed by atoms with Gasteiger partial charge in [-0.2, -0.15) is 0 Å². The number of aromatic nitrogens is 3. The second-order valence-electron chi connectivity index (χ2n) is 4.73. The quantitative estimate of drug-likeness (QED) is 0.657. The van der Waals surface area contributed by atoms with Crippen molar-refractivity contribution < 1.29 is 14.7 Å². The number of nitrogens with one attached hydrogen (secondary N) is 1. The number of piperidine rings is 1. The zero-order chi connectivity index (χ0) is 14.5. The number of aromatic carboxylic acids is 1. The fourth-order valence-corrected chi connectivity index (χ4v) is 2.00. The first-order valence-electron chi connectivity index (χ1n) is 6.48. The SMILES string of the molecule is NC1CCN(C(=O)NCCn2cc(C(=O)O)nn2)CC1. The largest absolute Gasteiger partial charge is 0.476 e. The zero-order valence-electron chi connectivity index (χ0n) is 11.0. The first kappa shape index (κ1) is 14.3. The van der Waals surface area contributed by atoms with Crippen LogP contribution in [0.1, 0.15) is 23.3 Å². The van der Waals surface area contributed by atoms with E-state index in [9.17, 15) is 9.59 Å². The molecule has 0 unspecified atom stereocenters. The second-order valence-corrected chi connectivity index (χ2v) is 4.73. The van der Waals surface area contributed by atoms with Gasteiger partial charge in [-0.3, -0.25) is 0 Å². The molecular formula is C11H18N6O3. The lowest BCUT2D eigenvalue weighted by Gasteiger charge is -2.30.